The summed E-state index contributed by atoms with van der Waals surface area (Å²) >= 11 is 0. The molecule has 0 saturated carbocycles. The lowest BCUT2D eigenvalue weighted by Crippen LogP contribution is -2.31. The van der Waals surface area contributed by atoms with Gasteiger partial charge in [0.15, 0.2) is 0 Å². The molecule has 14 heavy (non-hydrogen) atoms. The maximum Gasteiger partial charge on any atom is 0.0434 e. The van der Waals surface area contributed by atoms with Crippen LogP contribution in [0.25, 0.3) is 0 Å². The molecule has 2 unspecified atom stereocenters. The number of aliphatic hydroxyl groups is 1. The van der Waals surface area contributed by atoms with Crippen LogP contribution in [-0.2, 0) is 0 Å². The van der Waals surface area contributed by atoms with E-state index in [4.69, 9.17) is 5.11 Å². The van der Waals surface area contributed by atoms with Crippen molar-refractivity contribution in [1.82, 2.24) is 5.32 Å². The van der Waals surface area contributed by atoms with Gasteiger partial charge in [0.1, 0.15) is 0 Å². The van der Waals surface area contributed by atoms with Crippen molar-refractivity contribution in [3.63, 3.8) is 0 Å². The molecule has 0 bridgehead atoms. The first-order chi connectivity index (χ1) is 6.74. The number of unbranched alkanes of at least 4 members (excludes halogenated alkanes) is 1. The molecule has 0 aliphatic carbocycles. The molecule has 0 fully saturated rings. The Hall–Kier alpha value is -0.0800. The van der Waals surface area contributed by atoms with E-state index in [-0.39, 0.29) is 0 Å². The topological polar surface area (TPSA) is 32.3 Å². The van der Waals surface area contributed by atoms with Crippen molar-refractivity contribution in [2.24, 2.45) is 5.92 Å². The van der Waals surface area contributed by atoms with E-state index in [9.17, 15) is 0 Å². The second-order valence-electron chi connectivity index (χ2n) is 4.24. The number of nitrogens with one attached hydrogen (secondary N) is 1. The van der Waals surface area contributed by atoms with Crippen LogP contribution in [0.1, 0.15) is 52.9 Å². The molecule has 0 aliphatic rings. The van der Waals surface area contributed by atoms with E-state index in [1.807, 2.05) is 0 Å². The van der Waals surface area contributed by atoms with Gasteiger partial charge in [-0.1, -0.05) is 33.1 Å². The summed E-state index contributed by atoms with van der Waals surface area (Å²) in [5.41, 5.74) is 0. The minimum Gasteiger partial charge on any atom is -0.396 e. The fourth-order valence-corrected chi connectivity index (χ4v) is 1.61. The largest absolute Gasteiger partial charge is 0.396 e. The zero-order valence-corrected chi connectivity index (χ0v) is 10.1. The first kappa shape index (κ1) is 13.9. The highest BCUT2D eigenvalue weighted by atomic mass is 16.3. The predicted octanol–water partition coefficient (Wildman–Crippen LogP) is 2.56. The summed E-state index contributed by atoms with van der Waals surface area (Å²) in [5, 5.41) is 12.4. The van der Waals surface area contributed by atoms with Crippen LogP contribution in [0.15, 0.2) is 0 Å². The average Bonchev–Trinajstić information content (AvgIpc) is 2.21. The first-order valence-electron chi connectivity index (χ1n) is 6.08. The Kier molecular flexibility index (Phi) is 9.42. The molecule has 86 valence electrons. The van der Waals surface area contributed by atoms with E-state index in [0.29, 0.717) is 18.6 Å². The zero-order chi connectivity index (χ0) is 10.8. The van der Waals surface area contributed by atoms with E-state index in [1.165, 1.54) is 19.3 Å². The molecule has 0 rings (SSSR count). The van der Waals surface area contributed by atoms with E-state index in [2.05, 4.69) is 26.1 Å². The molecular formula is C12H27NO. The molecule has 0 aromatic carbocycles. The van der Waals surface area contributed by atoms with E-state index < -0.39 is 0 Å². The van der Waals surface area contributed by atoms with Crippen LogP contribution in [-0.4, -0.2) is 24.3 Å². The molecule has 0 radical (unpaired) electrons. The molecule has 0 saturated heterocycles. The van der Waals surface area contributed by atoms with Gasteiger partial charge in [0.2, 0.25) is 0 Å². The van der Waals surface area contributed by atoms with E-state index in [0.717, 1.165) is 19.4 Å². The fraction of sp³-hybridized carbons (Fsp3) is 1.00. The Morgan fingerprint density at radius 3 is 2.43 bits per heavy atom. The van der Waals surface area contributed by atoms with Crippen LogP contribution in [0.3, 0.4) is 0 Å². The van der Waals surface area contributed by atoms with Crippen molar-refractivity contribution in [3.05, 3.63) is 0 Å². The molecule has 0 amide bonds. The number of rotatable bonds is 9. The highest BCUT2D eigenvalue weighted by Crippen LogP contribution is 2.07. The predicted molar refractivity (Wildman–Crippen MR) is 62.5 cm³/mol. The first-order valence-corrected chi connectivity index (χ1v) is 6.08. The van der Waals surface area contributed by atoms with Crippen LogP contribution in [0.4, 0.5) is 0 Å². The van der Waals surface area contributed by atoms with Crippen molar-refractivity contribution < 1.29 is 5.11 Å². The molecule has 2 nitrogen and oxygen atoms in total. The van der Waals surface area contributed by atoms with Gasteiger partial charge in [0.05, 0.1) is 0 Å². The van der Waals surface area contributed by atoms with Crippen LogP contribution >= 0.6 is 0 Å². The van der Waals surface area contributed by atoms with Crippen molar-refractivity contribution in [2.45, 2.75) is 58.9 Å². The summed E-state index contributed by atoms with van der Waals surface area (Å²) in [6.07, 6.45) is 5.95. The number of hydrogen-bond donors (Lipinski definition) is 2. The lowest BCUT2D eigenvalue weighted by molar-refractivity contribution is 0.248. The Morgan fingerprint density at radius 1 is 1.21 bits per heavy atom. The fourth-order valence-electron chi connectivity index (χ4n) is 1.61. The number of hydrogen-bond acceptors (Lipinski definition) is 2. The Bertz CT molecular complexity index is 117. The van der Waals surface area contributed by atoms with Gasteiger partial charge in [-0.2, -0.15) is 0 Å². The van der Waals surface area contributed by atoms with Crippen molar-refractivity contribution in [3.8, 4) is 0 Å². The zero-order valence-electron chi connectivity index (χ0n) is 10.1. The van der Waals surface area contributed by atoms with Crippen LogP contribution in [0, 0.1) is 5.92 Å². The Morgan fingerprint density at radius 2 is 1.93 bits per heavy atom. The van der Waals surface area contributed by atoms with E-state index >= 15 is 0 Å². The standard InChI is InChI=1S/C12H27NO/c1-4-6-7-11(3)13-10-12(5-2)8-9-14/h11-14H,4-10H2,1-3H3. The summed E-state index contributed by atoms with van der Waals surface area (Å²) in [7, 11) is 0. The highest BCUT2D eigenvalue weighted by Gasteiger charge is 2.07. The minimum atomic E-state index is 0.323. The van der Waals surface area contributed by atoms with Gasteiger partial charge in [-0.25, -0.2) is 0 Å². The summed E-state index contributed by atoms with van der Waals surface area (Å²) in [4.78, 5) is 0. The molecule has 0 aromatic heterocycles. The third-order valence-corrected chi connectivity index (χ3v) is 2.86. The third-order valence-electron chi connectivity index (χ3n) is 2.86. The lowest BCUT2D eigenvalue weighted by atomic mass is 10.0. The summed E-state index contributed by atoms with van der Waals surface area (Å²) < 4.78 is 0. The summed E-state index contributed by atoms with van der Waals surface area (Å²) in [5.74, 6) is 0.643. The quantitative estimate of drug-likeness (QED) is 0.601. The second-order valence-corrected chi connectivity index (χ2v) is 4.24. The summed E-state index contributed by atoms with van der Waals surface area (Å²) in [6, 6.07) is 0.627. The molecule has 2 heteroatoms. The van der Waals surface area contributed by atoms with Crippen LogP contribution in [0.2, 0.25) is 0 Å². The normalized spacial score (nSPS) is 15.4. The van der Waals surface area contributed by atoms with Gasteiger partial charge in [0, 0.05) is 12.6 Å². The molecule has 2 N–H and O–H groups in total. The summed E-state index contributed by atoms with van der Waals surface area (Å²) in [6.45, 7) is 8.05. The molecule has 0 spiro atoms. The number of aliphatic hydroxyl groups excluding tert-OH is 1. The van der Waals surface area contributed by atoms with Crippen LogP contribution < -0.4 is 5.32 Å². The van der Waals surface area contributed by atoms with Crippen molar-refractivity contribution >= 4 is 0 Å². The van der Waals surface area contributed by atoms with Crippen molar-refractivity contribution in [1.29, 1.82) is 0 Å². The van der Waals surface area contributed by atoms with E-state index in [1.54, 1.807) is 0 Å². The molecular weight excluding hydrogens is 174 g/mol. The highest BCUT2D eigenvalue weighted by molar-refractivity contribution is 4.65. The lowest BCUT2D eigenvalue weighted by Gasteiger charge is -2.18. The Balaban J connectivity index is 3.46. The molecule has 0 aromatic rings. The van der Waals surface area contributed by atoms with Gasteiger partial charge in [-0.3, -0.25) is 0 Å². The molecule has 2 atom stereocenters. The van der Waals surface area contributed by atoms with Crippen LogP contribution in [0.5, 0.6) is 0 Å². The monoisotopic (exact) mass is 201 g/mol. The SMILES string of the molecule is CCCCC(C)NCC(CC)CCO. The van der Waals surface area contributed by atoms with Gasteiger partial charge in [-0.05, 0) is 32.2 Å². The molecule has 0 aliphatic heterocycles. The van der Waals surface area contributed by atoms with Crippen molar-refractivity contribution in [2.75, 3.05) is 13.2 Å². The van der Waals surface area contributed by atoms with Gasteiger partial charge in [-0.15, -0.1) is 0 Å². The van der Waals surface area contributed by atoms with Gasteiger partial charge >= 0.3 is 0 Å². The molecule has 0 heterocycles. The Labute approximate surface area is 89.1 Å². The van der Waals surface area contributed by atoms with Gasteiger partial charge in [0.25, 0.3) is 0 Å². The maximum absolute atomic E-state index is 8.85. The second kappa shape index (κ2) is 9.47. The smallest absolute Gasteiger partial charge is 0.0434 e. The average molecular weight is 201 g/mol. The minimum absolute atomic E-state index is 0.323. The third kappa shape index (κ3) is 7.34. The van der Waals surface area contributed by atoms with Gasteiger partial charge < -0.3 is 10.4 Å². The maximum atomic E-state index is 8.85.